The molecule has 0 N–H and O–H groups in total. The van der Waals surface area contributed by atoms with Crippen molar-refractivity contribution in [2.45, 2.75) is 18.2 Å². The molecule has 100 valence electrons. The molecule has 0 aliphatic heterocycles. The first kappa shape index (κ1) is 13.4. The van der Waals surface area contributed by atoms with E-state index in [1.807, 2.05) is 0 Å². The third kappa shape index (κ3) is 2.78. The van der Waals surface area contributed by atoms with E-state index in [0.717, 1.165) is 6.42 Å². The average molecular weight is 325 g/mol. The first-order valence-corrected chi connectivity index (χ1v) is 7.83. The van der Waals surface area contributed by atoms with Gasteiger partial charge in [-0.25, -0.2) is 0 Å². The van der Waals surface area contributed by atoms with Crippen molar-refractivity contribution < 1.29 is 0 Å². The van der Waals surface area contributed by atoms with Gasteiger partial charge in [0.25, 0.3) is 0 Å². The maximum Gasteiger partial charge on any atom is 0.0438 e. The van der Waals surface area contributed by atoms with Crippen LogP contribution in [0, 0.1) is 6.92 Å². The number of benzene rings is 3. The minimum Gasteiger partial charge on any atom is -0.0835 e. The van der Waals surface area contributed by atoms with E-state index >= 15 is 0 Å². The summed E-state index contributed by atoms with van der Waals surface area (Å²) in [6.45, 7) is 2.17. The van der Waals surface area contributed by atoms with Crippen molar-refractivity contribution in [3.63, 3.8) is 0 Å². The van der Waals surface area contributed by atoms with Crippen molar-refractivity contribution in [2.75, 3.05) is 0 Å². The Bertz CT molecular complexity index is 730. The third-order valence-electron chi connectivity index (χ3n) is 3.75. The molecule has 0 aliphatic rings. The van der Waals surface area contributed by atoms with Gasteiger partial charge in [-0.1, -0.05) is 82.7 Å². The molecule has 3 aromatic carbocycles. The van der Waals surface area contributed by atoms with Gasteiger partial charge in [-0.3, -0.25) is 0 Å². The topological polar surface area (TPSA) is 0 Å². The van der Waals surface area contributed by atoms with Crippen molar-refractivity contribution in [3.8, 4) is 0 Å². The number of rotatable bonds is 3. The van der Waals surface area contributed by atoms with Gasteiger partial charge in [0.1, 0.15) is 0 Å². The lowest BCUT2D eigenvalue weighted by Crippen LogP contribution is -1.97. The van der Waals surface area contributed by atoms with Crippen molar-refractivity contribution in [1.29, 1.82) is 0 Å². The molecule has 0 heterocycles. The Kier molecular flexibility index (Phi) is 3.88. The Labute approximate surface area is 128 Å². The molecule has 0 amide bonds. The summed E-state index contributed by atoms with van der Waals surface area (Å²) in [6, 6.07) is 23.8. The van der Waals surface area contributed by atoms with Crippen LogP contribution in [0.2, 0.25) is 0 Å². The molecule has 1 atom stereocenters. The molecule has 3 aromatic rings. The zero-order valence-corrected chi connectivity index (χ0v) is 13.1. The molecule has 0 aromatic heterocycles. The highest BCUT2D eigenvalue weighted by Crippen LogP contribution is 2.30. The molecule has 1 heteroatoms. The van der Waals surface area contributed by atoms with Crippen LogP contribution in [0.5, 0.6) is 0 Å². The lowest BCUT2D eigenvalue weighted by Gasteiger charge is -2.13. The van der Waals surface area contributed by atoms with Gasteiger partial charge >= 0.3 is 0 Å². The van der Waals surface area contributed by atoms with Crippen LogP contribution in [0.4, 0.5) is 0 Å². The van der Waals surface area contributed by atoms with Gasteiger partial charge in [-0.15, -0.1) is 0 Å². The summed E-state index contributed by atoms with van der Waals surface area (Å²) in [4.78, 5) is 0.366. The second-order valence-electron chi connectivity index (χ2n) is 5.21. The van der Waals surface area contributed by atoms with Gasteiger partial charge in [0.15, 0.2) is 0 Å². The Morgan fingerprint density at radius 2 is 1.55 bits per heavy atom. The molecular weight excluding hydrogens is 308 g/mol. The number of halogens is 1. The average Bonchev–Trinajstić information content (AvgIpc) is 2.47. The molecule has 0 saturated carbocycles. The zero-order valence-electron chi connectivity index (χ0n) is 11.5. The molecule has 0 bridgehead atoms. The molecule has 0 saturated heterocycles. The van der Waals surface area contributed by atoms with E-state index in [1.54, 1.807) is 0 Å². The predicted octanol–water partition coefficient (Wildman–Crippen LogP) is 5.83. The van der Waals surface area contributed by atoms with Gasteiger partial charge < -0.3 is 0 Å². The van der Waals surface area contributed by atoms with E-state index in [1.165, 1.54) is 27.5 Å². The van der Waals surface area contributed by atoms with Gasteiger partial charge in [0.05, 0.1) is 0 Å². The highest BCUT2D eigenvalue weighted by molar-refractivity contribution is 9.09. The Hall–Kier alpha value is -1.60. The van der Waals surface area contributed by atoms with Crippen LogP contribution in [0.15, 0.2) is 66.7 Å². The minimum absolute atomic E-state index is 0.366. The van der Waals surface area contributed by atoms with E-state index in [4.69, 9.17) is 0 Å². The highest BCUT2D eigenvalue weighted by Gasteiger charge is 2.10. The summed E-state index contributed by atoms with van der Waals surface area (Å²) < 4.78 is 0. The summed E-state index contributed by atoms with van der Waals surface area (Å²) in [6.07, 6.45) is 1.01. The third-order valence-corrected chi connectivity index (χ3v) is 4.57. The van der Waals surface area contributed by atoms with E-state index in [2.05, 4.69) is 89.6 Å². The van der Waals surface area contributed by atoms with Crippen molar-refractivity contribution >= 4 is 26.7 Å². The second-order valence-corrected chi connectivity index (χ2v) is 6.32. The second kappa shape index (κ2) is 5.80. The van der Waals surface area contributed by atoms with Crippen LogP contribution in [0.25, 0.3) is 10.8 Å². The molecule has 0 fully saturated rings. The van der Waals surface area contributed by atoms with Crippen LogP contribution in [-0.4, -0.2) is 0 Å². The lowest BCUT2D eigenvalue weighted by molar-refractivity contribution is 0.940. The quantitative estimate of drug-likeness (QED) is 0.532. The number of aryl methyl sites for hydroxylation is 1. The molecule has 0 nitrogen and oxygen atoms in total. The maximum atomic E-state index is 3.84. The fourth-order valence-electron chi connectivity index (χ4n) is 2.62. The highest BCUT2D eigenvalue weighted by atomic mass is 79.9. The van der Waals surface area contributed by atoms with Crippen LogP contribution >= 0.6 is 15.9 Å². The largest absolute Gasteiger partial charge is 0.0835 e. The van der Waals surface area contributed by atoms with Crippen LogP contribution in [-0.2, 0) is 6.42 Å². The standard InChI is InChI=1S/C19H17Br/c1-14-6-2-5-9-18(14)19(20)13-15-10-11-16-7-3-4-8-17(16)12-15/h2-12,19H,13H2,1H3. The van der Waals surface area contributed by atoms with Crippen molar-refractivity contribution in [1.82, 2.24) is 0 Å². The van der Waals surface area contributed by atoms with E-state index in [0.29, 0.717) is 4.83 Å². The normalized spacial score (nSPS) is 12.5. The summed E-state index contributed by atoms with van der Waals surface area (Å²) in [5, 5.41) is 2.62. The number of hydrogen-bond acceptors (Lipinski definition) is 0. The number of hydrogen-bond donors (Lipinski definition) is 0. The fraction of sp³-hybridized carbons (Fsp3) is 0.158. The van der Waals surface area contributed by atoms with Crippen LogP contribution < -0.4 is 0 Å². The fourth-order valence-corrected chi connectivity index (χ4v) is 3.51. The Morgan fingerprint density at radius 1 is 0.850 bits per heavy atom. The Morgan fingerprint density at radius 3 is 2.35 bits per heavy atom. The lowest BCUT2D eigenvalue weighted by atomic mass is 9.99. The van der Waals surface area contributed by atoms with Crippen molar-refractivity contribution in [2.24, 2.45) is 0 Å². The maximum absolute atomic E-state index is 3.84. The number of alkyl halides is 1. The molecule has 0 spiro atoms. The molecular formula is C19H17Br. The van der Waals surface area contributed by atoms with Gasteiger partial charge in [-0.2, -0.15) is 0 Å². The molecule has 0 aliphatic carbocycles. The summed E-state index contributed by atoms with van der Waals surface area (Å²) in [5.74, 6) is 0. The predicted molar refractivity (Wildman–Crippen MR) is 90.5 cm³/mol. The van der Waals surface area contributed by atoms with Gasteiger partial charge in [0.2, 0.25) is 0 Å². The monoisotopic (exact) mass is 324 g/mol. The van der Waals surface area contributed by atoms with Crippen LogP contribution in [0.3, 0.4) is 0 Å². The minimum atomic E-state index is 0.366. The van der Waals surface area contributed by atoms with Crippen LogP contribution in [0.1, 0.15) is 21.5 Å². The summed E-state index contributed by atoms with van der Waals surface area (Å²) in [7, 11) is 0. The molecule has 0 radical (unpaired) electrons. The molecule has 3 rings (SSSR count). The SMILES string of the molecule is Cc1ccccc1C(Br)Cc1ccc2ccccc2c1. The summed E-state index contributed by atoms with van der Waals surface area (Å²) in [5.41, 5.74) is 4.09. The van der Waals surface area contributed by atoms with Gasteiger partial charge in [0, 0.05) is 4.83 Å². The Balaban J connectivity index is 1.87. The molecule has 1 unspecified atom stereocenters. The van der Waals surface area contributed by atoms with E-state index < -0.39 is 0 Å². The van der Waals surface area contributed by atoms with Crippen molar-refractivity contribution in [3.05, 3.63) is 83.4 Å². The van der Waals surface area contributed by atoms with Gasteiger partial charge in [-0.05, 0) is 40.8 Å². The summed E-state index contributed by atoms with van der Waals surface area (Å²) >= 11 is 3.84. The number of fused-ring (bicyclic) bond motifs is 1. The van der Waals surface area contributed by atoms with E-state index in [9.17, 15) is 0 Å². The molecule has 20 heavy (non-hydrogen) atoms. The van der Waals surface area contributed by atoms with E-state index in [-0.39, 0.29) is 0 Å². The smallest absolute Gasteiger partial charge is 0.0438 e. The first-order chi connectivity index (χ1) is 9.74. The first-order valence-electron chi connectivity index (χ1n) is 6.91. The zero-order chi connectivity index (χ0) is 13.9.